The molecule has 0 unspecified atom stereocenters. The average Bonchev–Trinajstić information content (AvgIpc) is 3.19. The molecule has 2 aromatic rings. The van der Waals surface area contributed by atoms with Crippen molar-refractivity contribution in [2.24, 2.45) is 5.73 Å². The van der Waals surface area contributed by atoms with Crippen LogP contribution in [0, 0.1) is 0 Å². The van der Waals surface area contributed by atoms with Crippen LogP contribution in [0.15, 0.2) is 18.2 Å². The summed E-state index contributed by atoms with van der Waals surface area (Å²) >= 11 is 5.98. The van der Waals surface area contributed by atoms with Crippen molar-refractivity contribution in [1.82, 2.24) is 9.97 Å². The molecule has 0 amide bonds. The lowest BCUT2D eigenvalue weighted by molar-refractivity contribution is 0.751. The fourth-order valence-electron chi connectivity index (χ4n) is 3.46. The lowest BCUT2D eigenvalue weighted by Gasteiger charge is -2.21. The van der Waals surface area contributed by atoms with Crippen LogP contribution in [-0.4, -0.2) is 29.1 Å². The van der Waals surface area contributed by atoms with Gasteiger partial charge in [-0.05, 0) is 43.9 Å². The number of nitrogens with zero attached hydrogens (tertiary/aromatic N) is 3. The summed E-state index contributed by atoms with van der Waals surface area (Å²) in [6, 6.07) is 5.67. The third kappa shape index (κ3) is 2.87. The van der Waals surface area contributed by atoms with Crippen molar-refractivity contribution >= 4 is 34.7 Å². The van der Waals surface area contributed by atoms with Gasteiger partial charge in [0.15, 0.2) is 0 Å². The van der Waals surface area contributed by atoms with Gasteiger partial charge in [-0.2, -0.15) is 4.98 Å². The zero-order valence-corrected chi connectivity index (χ0v) is 14.2. The van der Waals surface area contributed by atoms with Crippen molar-refractivity contribution < 1.29 is 0 Å². The Morgan fingerprint density at radius 2 is 2.12 bits per heavy atom. The zero-order chi connectivity index (χ0) is 16.7. The van der Waals surface area contributed by atoms with Gasteiger partial charge < -0.3 is 21.7 Å². The van der Waals surface area contributed by atoms with Crippen LogP contribution in [0.3, 0.4) is 0 Å². The molecule has 1 aromatic heterocycles. The van der Waals surface area contributed by atoms with Crippen molar-refractivity contribution in [2.45, 2.75) is 31.7 Å². The summed E-state index contributed by atoms with van der Waals surface area (Å²) in [5, 5.41) is 3.80. The van der Waals surface area contributed by atoms with Gasteiger partial charge in [0.1, 0.15) is 5.82 Å². The van der Waals surface area contributed by atoms with Gasteiger partial charge in [0, 0.05) is 30.4 Å². The molecule has 0 radical (unpaired) electrons. The van der Waals surface area contributed by atoms with Crippen molar-refractivity contribution in [1.29, 1.82) is 0 Å². The van der Waals surface area contributed by atoms with Crippen molar-refractivity contribution in [2.75, 3.05) is 29.0 Å². The predicted molar refractivity (Wildman–Crippen MR) is 98.0 cm³/mol. The first-order chi connectivity index (χ1) is 11.6. The van der Waals surface area contributed by atoms with E-state index >= 15 is 0 Å². The van der Waals surface area contributed by atoms with Crippen molar-refractivity contribution in [3.05, 3.63) is 34.5 Å². The number of benzene rings is 1. The molecule has 126 valence electrons. The minimum absolute atomic E-state index is 0.226. The highest BCUT2D eigenvalue weighted by atomic mass is 35.5. The number of anilines is 4. The molecule has 1 fully saturated rings. The van der Waals surface area contributed by atoms with E-state index in [-0.39, 0.29) is 6.04 Å². The number of hydrogen-bond donors (Lipinski definition) is 3. The van der Waals surface area contributed by atoms with Crippen LogP contribution in [-0.2, 0) is 12.8 Å². The van der Waals surface area contributed by atoms with Crippen LogP contribution in [0.2, 0.25) is 5.02 Å². The van der Waals surface area contributed by atoms with E-state index in [1.54, 1.807) is 12.1 Å². The third-order valence-corrected chi connectivity index (χ3v) is 5.03. The van der Waals surface area contributed by atoms with Crippen LogP contribution in [0.1, 0.15) is 24.1 Å². The zero-order valence-electron chi connectivity index (χ0n) is 13.4. The fourth-order valence-corrected chi connectivity index (χ4v) is 3.58. The number of nitrogen functional groups attached to an aromatic ring is 1. The summed E-state index contributed by atoms with van der Waals surface area (Å²) in [5.74, 6) is 1.64. The second kappa shape index (κ2) is 6.11. The molecule has 6 nitrogen and oxygen atoms in total. The number of aryl methyl sites for hydroxylation is 1. The summed E-state index contributed by atoms with van der Waals surface area (Å²) in [7, 11) is 0. The van der Waals surface area contributed by atoms with Crippen LogP contribution < -0.4 is 21.7 Å². The second-order valence-electron chi connectivity index (χ2n) is 6.51. The summed E-state index contributed by atoms with van der Waals surface area (Å²) in [4.78, 5) is 11.8. The van der Waals surface area contributed by atoms with E-state index in [1.165, 1.54) is 5.56 Å². The van der Waals surface area contributed by atoms with Crippen LogP contribution in [0.4, 0.5) is 23.1 Å². The Morgan fingerprint density at radius 3 is 2.88 bits per heavy atom. The third-order valence-electron chi connectivity index (χ3n) is 4.69. The first-order valence-electron chi connectivity index (χ1n) is 8.32. The summed E-state index contributed by atoms with van der Waals surface area (Å²) < 4.78 is 0. The number of nitrogens with one attached hydrogen (secondary N) is 1. The molecule has 2 heterocycles. The van der Waals surface area contributed by atoms with E-state index in [2.05, 4.69) is 10.2 Å². The number of aromatic nitrogens is 2. The van der Waals surface area contributed by atoms with Gasteiger partial charge in [-0.15, -0.1) is 0 Å². The molecule has 0 spiro atoms. The highest BCUT2D eigenvalue weighted by Crippen LogP contribution is 2.32. The van der Waals surface area contributed by atoms with E-state index in [1.807, 2.05) is 6.07 Å². The molecule has 1 saturated heterocycles. The predicted octanol–water partition coefficient (Wildman–Crippen LogP) is 2.48. The maximum Gasteiger partial charge on any atom is 0.229 e. The van der Waals surface area contributed by atoms with Crippen LogP contribution in [0.5, 0.6) is 0 Å². The lowest BCUT2D eigenvalue weighted by Crippen LogP contribution is -2.28. The summed E-state index contributed by atoms with van der Waals surface area (Å²) in [6.45, 7) is 1.81. The number of nitrogens with two attached hydrogens (primary N) is 2. The normalized spacial score (nSPS) is 19.6. The fraction of sp³-hybridized carbons (Fsp3) is 0.412. The van der Waals surface area contributed by atoms with Gasteiger partial charge in [0.2, 0.25) is 5.95 Å². The highest BCUT2D eigenvalue weighted by Gasteiger charge is 2.27. The standard InChI is InChI=1S/C17H21ClN6/c18-13-5-4-11(8-14(13)20)21-17-22-15-3-1-2-12(15)16(23-17)24-7-6-10(19)9-24/h4-5,8,10H,1-3,6-7,9,19-20H2,(H,21,22,23)/t10-/m0/s1. The van der Waals surface area contributed by atoms with Crippen LogP contribution in [0.25, 0.3) is 0 Å². The van der Waals surface area contributed by atoms with Crippen molar-refractivity contribution in [3.8, 4) is 0 Å². The van der Waals surface area contributed by atoms with Gasteiger partial charge >= 0.3 is 0 Å². The Balaban J connectivity index is 1.67. The molecule has 7 heteroatoms. The maximum atomic E-state index is 6.07. The monoisotopic (exact) mass is 344 g/mol. The highest BCUT2D eigenvalue weighted by molar-refractivity contribution is 6.33. The Bertz CT molecular complexity index is 778. The number of fused-ring (bicyclic) bond motifs is 1. The Morgan fingerprint density at radius 1 is 1.25 bits per heavy atom. The van der Waals surface area contributed by atoms with Gasteiger partial charge in [-0.3, -0.25) is 0 Å². The molecule has 2 aliphatic rings. The van der Waals surface area contributed by atoms with Gasteiger partial charge in [-0.1, -0.05) is 11.6 Å². The topological polar surface area (TPSA) is 93.1 Å². The molecule has 1 aliphatic carbocycles. The van der Waals surface area contributed by atoms with E-state index in [0.717, 1.165) is 56.0 Å². The molecule has 0 bridgehead atoms. The quantitative estimate of drug-likeness (QED) is 0.741. The molecule has 24 heavy (non-hydrogen) atoms. The minimum atomic E-state index is 0.226. The summed E-state index contributed by atoms with van der Waals surface area (Å²) in [6.07, 6.45) is 4.19. The molecular weight excluding hydrogens is 324 g/mol. The van der Waals surface area contributed by atoms with E-state index in [4.69, 9.17) is 33.0 Å². The van der Waals surface area contributed by atoms with Crippen LogP contribution >= 0.6 is 11.6 Å². The summed E-state index contributed by atoms with van der Waals surface area (Å²) in [5.41, 5.74) is 15.7. The van der Waals surface area contributed by atoms with Gasteiger partial charge in [0.25, 0.3) is 0 Å². The SMILES string of the molecule is Nc1cc(Nc2nc3c(c(N4CC[C@H](N)C4)n2)CCC3)ccc1Cl. The smallest absolute Gasteiger partial charge is 0.229 e. The van der Waals surface area contributed by atoms with Gasteiger partial charge in [0.05, 0.1) is 16.4 Å². The number of rotatable bonds is 3. The first kappa shape index (κ1) is 15.5. The Hall–Kier alpha value is -2.05. The molecular formula is C17H21ClN6. The average molecular weight is 345 g/mol. The molecule has 0 saturated carbocycles. The first-order valence-corrected chi connectivity index (χ1v) is 8.70. The van der Waals surface area contributed by atoms with E-state index < -0.39 is 0 Å². The van der Waals surface area contributed by atoms with Crippen molar-refractivity contribution in [3.63, 3.8) is 0 Å². The second-order valence-corrected chi connectivity index (χ2v) is 6.91. The Kier molecular flexibility index (Phi) is 3.94. The molecule has 1 aromatic carbocycles. The molecule has 5 N–H and O–H groups in total. The minimum Gasteiger partial charge on any atom is -0.397 e. The van der Waals surface area contributed by atoms with E-state index in [0.29, 0.717) is 16.7 Å². The largest absolute Gasteiger partial charge is 0.397 e. The molecule has 4 rings (SSSR count). The lowest BCUT2D eigenvalue weighted by atomic mass is 10.2. The van der Waals surface area contributed by atoms with Gasteiger partial charge in [-0.25, -0.2) is 4.98 Å². The molecule has 1 atom stereocenters. The van der Waals surface area contributed by atoms with E-state index in [9.17, 15) is 0 Å². The Labute approximate surface area is 146 Å². The molecule has 1 aliphatic heterocycles. The number of halogens is 1. The maximum absolute atomic E-state index is 6.07. The number of hydrogen-bond acceptors (Lipinski definition) is 6.